The molecule has 1 fully saturated rings. The van der Waals surface area contributed by atoms with Gasteiger partial charge in [-0.1, -0.05) is 11.6 Å². The van der Waals surface area contributed by atoms with E-state index in [1.807, 2.05) is 0 Å². The third-order valence-corrected chi connectivity index (χ3v) is 2.14. The summed E-state index contributed by atoms with van der Waals surface area (Å²) >= 11 is 4.53. The van der Waals surface area contributed by atoms with Crippen molar-refractivity contribution in [2.75, 3.05) is 0 Å². The molecule has 0 nitrogen and oxygen atoms in total. The Kier molecular flexibility index (Phi) is 1.30. The van der Waals surface area contributed by atoms with E-state index >= 15 is 0 Å². The van der Waals surface area contributed by atoms with Crippen LogP contribution < -0.4 is 0 Å². The highest BCUT2D eigenvalue weighted by atomic mass is 35.5. The summed E-state index contributed by atoms with van der Waals surface area (Å²) < 4.78 is 48.8. The van der Waals surface area contributed by atoms with Crippen molar-refractivity contribution < 1.29 is 17.6 Å². The van der Waals surface area contributed by atoms with Crippen LogP contribution in [0.4, 0.5) is 17.6 Å². The lowest BCUT2D eigenvalue weighted by Crippen LogP contribution is -2.67. The zero-order valence-corrected chi connectivity index (χ0v) is 5.56. The second-order valence-electron chi connectivity index (χ2n) is 2.42. The van der Waals surface area contributed by atoms with Gasteiger partial charge in [0.2, 0.25) is 0 Å². The van der Waals surface area contributed by atoms with Gasteiger partial charge in [0, 0.05) is 0 Å². The van der Waals surface area contributed by atoms with Gasteiger partial charge >= 0.3 is 5.92 Å². The van der Waals surface area contributed by atoms with Gasteiger partial charge in [0.25, 0.3) is 5.13 Å². The van der Waals surface area contributed by atoms with E-state index in [0.29, 0.717) is 0 Å². The van der Waals surface area contributed by atoms with Gasteiger partial charge in [0.1, 0.15) is 0 Å². The normalized spacial score (nSPS) is 52.2. The van der Waals surface area contributed by atoms with Crippen molar-refractivity contribution in [3.8, 4) is 0 Å². The maximum atomic E-state index is 12.4. The molecule has 5 heteroatoms. The van der Waals surface area contributed by atoms with Crippen LogP contribution in [0.5, 0.6) is 0 Å². The van der Waals surface area contributed by atoms with Gasteiger partial charge in [-0.2, -0.15) is 0 Å². The standard InChI is InChI=1S/C5H4ClF4/c1-3(7)2-4(8,9)5(3,6)10/h1-2H2. The lowest BCUT2D eigenvalue weighted by molar-refractivity contribution is -0.243. The molecule has 59 valence electrons. The summed E-state index contributed by atoms with van der Waals surface area (Å²) in [5.74, 6) is -3.79. The first-order valence-electron chi connectivity index (χ1n) is 2.51. The Labute approximate surface area is 60.2 Å². The molecule has 1 saturated carbocycles. The fraction of sp³-hybridized carbons (Fsp3) is 0.800. The summed E-state index contributed by atoms with van der Waals surface area (Å²) in [5.41, 5.74) is -2.85. The van der Waals surface area contributed by atoms with Gasteiger partial charge < -0.3 is 0 Å². The Morgan fingerprint density at radius 2 is 1.60 bits per heavy atom. The fourth-order valence-electron chi connectivity index (χ4n) is 0.795. The van der Waals surface area contributed by atoms with Crippen LogP contribution in [0.15, 0.2) is 0 Å². The number of hydrogen-bond donors (Lipinski definition) is 0. The summed E-state index contributed by atoms with van der Waals surface area (Å²) in [6, 6.07) is 0. The van der Waals surface area contributed by atoms with Crippen LogP contribution in [0.1, 0.15) is 6.42 Å². The average Bonchev–Trinajstić information content (AvgIpc) is 1.61. The molecule has 0 aromatic heterocycles. The smallest absolute Gasteiger partial charge is 0.238 e. The molecule has 1 rings (SSSR count). The molecule has 10 heavy (non-hydrogen) atoms. The van der Waals surface area contributed by atoms with E-state index in [0.717, 1.165) is 0 Å². The summed E-state index contributed by atoms with van der Waals surface area (Å²) in [5, 5.41) is -3.62. The molecule has 1 aliphatic carbocycles. The molecular weight excluding hydrogens is 172 g/mol. The fourth-order valence-corrected chi connectivity index (χ4v) is 0.929. The van der Waals surface area contributed by atoms with Gasteiger partial charge in [-0.15, -0.1) is 0 Å². The lowest BCUT2D eigenvalue weighted by Gasteiger charge is -2.47. The molecule has 0 aliphatic heterocycles. The van der Waals surface area contributed by atoms with E-state index in [1.165, 1.54) is 0 Å². The Bertz CT molecular complexity index is 147. The third kappa shape index (κ3) is 0.683. The number of halogens is 5. The monoisotopic (exact) mass is 175 g/mol. The molecule has 0 spiro atoms. The Morgan fingerprint density at radius 1 is 1.20 bits per heavy atom. The zero-order valence-electron chi connectivity index (χ0n) is 4.80. The highest BCUT2D eigenvalue weighted by molar-refractivity contribution is 6.25. The maximum Gasteiger partial charge on any atom is 0.301 e. The van der Waals surface area contributed by atoms with Gasteiger partial charge in [0.15, 0.2) is 5.67 Å². The summed E-state index contributed by atoms with van der Waals surface area (Å²) in [6.45, 7) is 2.57. The zero-order chi connectivity index (χ0) is 8.21. The van der Waals surface area contributed by atoms with Crippen molar-refractivity contribution in [2.24, 2.45) is 0 Å². The van der Waals surface area contributed by atoms with Crippen molar-refractivity contribution in [2.45, 2.75) is 23.1 Å². The second-order valence-corrected chi connectivity index (χ2v) is 2.94. The number of hydrogen-bond acceptors (Lipinski definition) is 0. The van der Waals surface area contributed by atoms with Crippen LogP contribution in [0.2, 0.25) is 0 Å². The minimum atomic E-state index is -3.79. The lowest BCUT2D eigenvalue weighted by atomic mass is 9.77. The summed E-state index contributed by atoms with van der Waals surface area (Å²) in [6.07, 6.45) is -1.25. The predicted molar refractivity (Wildman–Crippen MR) is 28.5 cm³/mol. The highest BCUT2D eigenvalue weighted by Gasteiger charge is 2.77. The maximum absolute atomic E-state index is 12.4. The van der Waals surface area contributed by atoms with Crippen LogP contribution in [0, 0.1) is 6.92 Å². The van der Waals surface area contributed by atoms with Crippen LogP contribution in [-0.2, 0) is 0 Å². The van der Waals surface area contributed by atoms with E-state index < -0.39 is 23.1 Å². The molecule has 1 radical (unpaired) electrons. The minimum absolute atomic E-state index is 1.25. The average molecular weight is 176 g/mol. The molecule has 0 bridgehead atoms. The van der Waals surface area contributed by atoms with Crippen molar-refractivity contribution in [1.82, 2.24) is 0 Å². The molecule has 0 heterocycles. The first kappa shape index (κ1) is 8.11. The first-order chi connectivity index (χ1) is 4.21. The summed E-state index contributed by atoms with van der Waals surface area (Å²) in [4.78, 5) is 0. The van der Waals surface area contributed by atoms with E-state index in [-0.39, 0.29) is 0 Å². The van der Waals surface area contributed by atoms with E-state index in [2.05, 4.69) is 18.5 Å². The predicted octanol–water partition coefficient (Wildman–Crippen LogP) is 2.47. The van der Waals surface area contributed by atoms with Crippen LogP contribution in [0.3, 0.4) is 0 Å². The van der Waals surface area contributed by atoms with Crippen LogP contribution in [0.25, 0.3) is 0 Å². The van der Waals surface area contributed by atoms with E-state index in [1.54, 1.807) is 0 Å². The highest BCUT2D eigenvalue weighted by Crippen LogP contribution is 2.60. The Hall–Kier alpha value is 0.01000. The largest absolute Gasteiger partial charge is 0.301 e. The molecule has 0 aromatic carbocycles. The molecule has 0 N–H and O–H groups in total. The van der Waals surface area contributed by atoms with E-state index in [4.69, 9.17) is 0 Å². The molecule has 0 amide bonds. The van der Waals surface area contributed by atoms with Gasteiger partial charge in [0.05, 0.1) is 6.42 Å². The SMILES string of the molecule is [CH2]C1(F)CC(F)(F)C1(F)Cl. The van der Waals surface area contributed by atoms with Crippen molar-refractivity contribution in [1.29, 1.82) is 0 Å². The topological polar surface area (TPSA) is 0 Å². The quantitative estimate of drug-likeness (QED) is 0.392. The Morgan fingerprint density at radius 3 is 1.60 bits per heavy atom. The van der Waals surface area contributed by atoms with E-state index in [9.17, 15) is 17.6 Å². The molecule has 0 aromatic rings. The van der Waals surface area contributed by atoms with Crippen molar-refractivity contribution >= 4 is 11.6 Å². The molecule has 1 aliphatic rings. The second kappa shape index (κ2) is 1.60. The molecule has 0 saturated heterocycles. The third-order valence-electron chi connectivity index (χ3n) is 1.52. The van der Waals surface area contributed by atoms with Crippen molar-refractivity contribution in [3.63, 3.8) is 0 Å². The number of rotatable bonds is 0. The molecule has 2 unspecified atom stereocenters. The minimum Gasteiger partial charge on any atom is -0.238 e. The van der Waals surface area contributed by atoms with Gasteiger partial charge in [-0.05, 0) is 6.92 Å². The van der Waals surface area contributed by atoms with Gasteiger partial charge in [-0.3, -0.25) is 0 Å². The Balaban J connectivity index is 2.85. The molecular formula is C5H4ClF4. The number of alkyl halides is 5. The van der Waals surface area contributed by atoms with Gasteiger partial charge in [-0.25, -0.2) is 17.6 Å². The molecule has 2 atom stereocenters. The summed E-state index contributed by atoms with van der Waals surface area (Å²) in [7, 11) is 0. The van der Waals surface area contributed by atoms with Crippen LogP contribution in [-0.4, -0.2) is 16.7 Å². The van der Waals surface area contributed by atoms with Crippen LogP contribution >= 0.6 is 11.6 Å². The van der Waals surface area contributed by atoms with Crippen molar-refractivity contribution in [3.05, 3.63) is 6.92 Å². The first-order valence-corrected chi connectivity index (χ1v) is 2.88.